The molecule has 0 aliphatic carbocycles. The molecular formula is C61H93NO9. The van der Waals surface area contributed by atoms with E-state index in [0.717, 1.165) is 49.7 Å². The van der Waals surface area contributed by atoms with E-state index in [1.54, 1.807) is 24.3 Å². The lowest BCUT2D eigenvalue weighted by Gasteiger charge is -2.44. The summed E-state index contributed by atoms with van der Waals surface area (Å²) in [6, 6.07) is 27.4. The minimum absolute atomic E-state index is 0.130. The number of esters is 1. The van der Waals surface area contributed by atoms with Crippen molar-refractivity contribution in [3.05, 3.63) is 120 Å². The van der Waals surface area contributed by atoms with Crippen molar-refractivity contribution in [1.29, 1.82) is 0 Å². The SMILES string of the molecule is CCCCCCCCCCCCCC=C[C@@H](OC(=O)c1ccccc1)[C@H](CO[C@@H]1O[C@H](CO)[C@H](O)[C@H](OCc2ccccc2)[C@H]1OCc1ccccc1)NC(=O)CCCCCCCCCCCCCCC. The summed E-state index contributed by atoms with van der Waals surface area (Å²) in [5.74, 6) is -0.670. The number of aliphatic hydroxyl groups excluding tert-OH is 2. The number of benzene rings is 3. The molecule has 0 radical (unpaired) electrons. The Bertz CT molecular complexity index is 1780. The zero-order chi connectivity index (χ0) is 50.4. The van der Waals surface area contributed by atoms with Crippen LogP contribution in [0.2, 0.25) is 0 Å². The number of ether oxygens (including phenoxy) is 5. The molecule has 3 N–H and O–H groups in total. The van der Waals surface area contributed by atoms with E-state index < -0.39 is 55.4 Å². The van der Waals surface area contributed by atoms with E-state index in [1.165, 1.54) is 122 Å². The molecule has 0 aromatic heterocycles. The van der Waals surface area contributed by atoms with E-state index in [9.17, 15) is 19.8 Å². The number of allylic oxidation sites excluding steroid dienone is 1. The first-order valence-corrected chi connectivity index (χ1v) is 28.0. The van der Waals surface area contributed by atoms with Crippen LogP contribution in [0.15, 0.2) is 103 Å². The number of carbonyl (C=O) groups is 2. The normalized spacial score (nSPS) is 18.9. The van der Waals surface area contributed by atoms with E-state index in [2.05, 4.69) is 25.2 Å². The van der Waals surface area contributed by atoms with E-state index in [-0.39, 0.29) is 25.7 Å². The van der Waals surface area contributed by atoms with Gasteiger partial charge in [0.1, 0.15) is 30.5 Å². The number of unbranched alkanes of at least 4 members (excludes halogenated alkanes) is 23. The van der Waals surface area contributed by atoms with E-state index in [4.69, 9.17) is 23.7 Å². The lowest BCUT2D eigenvalue weighted by atomic mass is 9.98. The molecule has 0 unspecified atom stereocenters. The first-order valence-electron chi connectivity index (χ1n) is 28.0. The molecule has 7 atom stereocenters. The molecule has 1 heterocycles. The third kappa shape index (κ3) is 25.6. The highest BCUT2D eigenvalue weighted by molar-refractivity contribution is 5.89. The van der Waals surface area contributed by atoms with Gasteiger partial charge in [0.25, 0.3) is 0 Å². The van der Waals surface area contributed by atoms with Gasteiger partial charge in [-0.2, -0.15) is 0 Å². The molecule has 0 spiro atoms. The minimum Gasteiger partial charge on any atom is -0.452 e. The summed E-state index contributed by atoms with van der Waals surface area (Å²) < 4.78 is 32.1. The predicted octanol–water partition coefficient (Wildman–Crippen LogP) is 13.7. The van der Waals surface area contributed by atoms with Gasteiger partial charge in [-0.1, -0.05) is 240 Å². The second-order valence-electron chi connectivity index (χ2n) is 19.7. The third-order valence-corrected chi connectivity index (χ3v) is 13.6. The molecule has 3 aromatic rings. The summed E-state index contributed by atoms with van der Waals surface area (Å²) in [6.07, 6.45) is 28.4. The van der Waals surface area contributed by atoms with Gasteiger partial charge in [0.05, 0.1) is 38.0 Å². The first kappa shape index (κ1) is 59.7. The van der Waals surface area contributed by atoms with Crippen molar-refractivity contribution >= 4 is 11.9 Å². The molecule has 71 heavy (non-hydrogen) atoms. The second-order valence-corrected chi connectivity index (χ2v) is 19.7. The maximum Gasteiger partial charge on any atom is 0.338 e. The van der Waals surface area contributed by atoms with Gasteiger partial charge in [0.15, 0.2) is 6.29 Å². The maximum atomic E-state index is 13.9. The molecule has 1 saturated heterocycles. The largest absolute Gasteiger partial charge is 0.452 e. The van der Waals surface area contributed by atoms with Crippen molar-refractivity contribution in [1.82, 2.24) is 5.32 Å². The molecule has 10 nitrogen and oxygen atoms in total. The zero-order valence-corrected chi connectivity index (χ0v) is 43.8. The van der Waals surface area contributed by atoms with E-state index >= 15 is 0 Å². The third-order valence-electron chi connectivity index (χ3n) is 13.6. The Morgan fingerprint density at radius 2 is 1.04 bits per heavy atom. The maximum absolute atomic E-state index is 13.9. The van der Waals surface area contributed by atoms with Gasteiger partial charge in [0, 0.05) is 6.42 Å². The summed E-state index contributed by atoms with van der Waals surface area (Å²) in [6.45, 7) is 4.25. The Morgan fingerprint density at radius 3 is 1.54 bits per heavy atom. The van der Waals surface area contributed by atoms with Crippen LogP contribution in [0.1, 0.15) is 202 Å². The van der Waals surface area contributed by atoms with Crippen LogP contribution in [-0.2, 0) is 41.7 Å². The molecule has 0 saturated carbocycles. The Balaban J connectivity index is 1.48. The molecule has 1 aliphatic rings. The van der Waals surface area contributed by atoms with E-state index in [1.807, 2.05) is 72.8 Å². The quantitative estimate of drug-likeness (QED) is 0.0289. The zero-order valence-electron chi connectivity index (χ0n) is 43.8. The smallest absolute Gasteiger partial charge is 0.338 e. The minimum atomic E-state index is -1.24. The summed E-state index contributed by atoms with van der Waals surface area (Å²) in [4.78, 5) is 27.7. The number of hydrogen-bond donors (Lipinski definition) is 3. The molecule has 1 amide bonds. The van der Waals surface area contributed by atoms with Crippen LogP contribution >= 0.6 is 0 Å². The highest BCUT2D eigenvalue weighted by atomic mass is 16.7. The average Bonchev–Trinajstić information content (AvgIpc) is 3.40. The number of rotatable bonds is 41. The molecule has 1 aliphatic heterocycles. The number of nitrogens with one attached hydrogen (secondary N) is 1. The lowest BCUT2D eigenvalue weighted by molar-refractivity contribution is -0.320. The van der Waals surface area contributed by atoms with Crippen LogP contribution in [-0.4, -0.2) is 78.2 Å². The fourth-order valence-electron chi connectivity index (χ4n) is 9.25. The molecular weight excluding hydrogens is 891 g/mol. The van der Waals surface area contributed by atoms with Gasteiger partial charge in [-0.15, -0.1) is 0 Å². The van der Waals surface area contributed by atoms with Gasteiger partial charge in [-0.3, -0.25) is 4.79 Å². The molecule has 1 fully saturated rings. The standard InChI is InChI=1S/C61H93NO9/c1-3-5-7-9-11-13-15-17-19-21-23-25-36-44-54(70-60(66)52-42-34-29-35-43-52)53(62-56(64)45-37-26-24-22-20-18-16-14-12-10-8-6-4-2)49-69-61-59(68-48-51-40-32-28-33-41-51)58(57(65)55(46-63)71-61)67-47-50-38-30-27-31-39-50/h27-36,38-44,53-55,57-59,61,63,65H,3-26,37,45-49H2,1-2H3,(H,62,64)/t53-,54+,55+,57-,58-,59+,61+/m0/s1. The highest BCUT2D eigenvalue weighted by Crippen LogP contribution is 2.29. The summed E-state index contributed by atoms with van der Waals surface area (Å²) >= 11 is 0. The summed E-state index contributed by atoms with van der Waals surface area (Å²) in [5.41, 5.74) is 2.21. The van der Waals surface area contributed by atoms with Gasteiger partial charge in [0.2, 0.25) is 5.91 Å². The molecule has 4 rings (SSSR count). The van der Waals surface area contributed by atoms with Crippen molar-refractivity contribution < 1.29 is 43.5 Å². The molecule has 3 aromatic carbocycles. The van der Waals surface area contributed by atoms with Crippen LogP contribution in [0.4, 0.5) is 0 Å². The number of hydrogen-bond acceptors (Lipinski definition) is 9. The first-order chi connectivity index (χ1) is 34.9. The average molecular weight is 984 g/mol. The van der Waals surface area contributed by atoms with Crippen molar-refractivity contribution in [2.24, 2.45) is 0 Å². The molecule has 10 heteroatoms. The number of carbonyl (C=O) groups excluding carboxylic acids is 2. The predicted molar refractivity (Wildman–Crippen MR) is 286 cm³/mol. The van der Waals surface area contributed by atoms with Crippen molar-refractivity contribution in [3.8, 4) is 0 Å². The number of aliphatic hydroxyl groups is 2. The topological polar surface area (TPSA) is 133 Å². The van der Waals surface area contributed by atoms with Crippen LogP contribution in [0, 0.1) is 0 Å². The lowest BCUT2D eigenvalue weighted by Crippen LogP contribution is -2.61. The molecule has 0 bridgehead atoms. The Kier molecular flexibility index (Phi) is 32.5. The summed E-state index contributed by atoms with van der Waals surface area (Å²) in [7, 11) is 0. The van der Waals surface area contributed by atoms with Crippen molar-refractivity contribution in [2.45, 2.75) is 237 Å². The van der Waals surface area contributed by atoms with Crippen molar-refractivity contribution in [3.63, 3.8) is 0 Å². The van der Waals surface area contributed by atoms with Crippen LogP contribution in [0.25, 0.3) is 0 Å². The van der Waals surface area contributed by atoms with E-state index in [0.29, 0.717) is 12.0 Å². The fraction of sp³-hybridized carbons (Fsp3) is 0.639. The summed E-state index contributed by atoms with van der Waals surface area (Å²) in [5, 5.41) is 25.3. The van der Waals surface area contributed by atoms with Gasteiger partial charge in [-0.05, 0) is 48.6 Å². The second kappa shape index (κ2) is 38.7. The van der Waals surface area contributed by atoms with Crippen LogP contribution < -0.4 is 5.32 Å². The fourth-order valence-corrected chi connectivity index (χ4v) is 9.25. The highest BCUT2D eigenvalue weighted by Gasteiger charge is 2.48. The van der Waals surface area contributed by atoms with Crippen molar-refractivity contribution in [2.75, 3.05) is 13.2 Å². The van der Waals surface area contributed by atoms with Crippen LogP contribution in [0.5, 0.6) is 0 Å². The Labute approximate surface area is 429 Å². The Hall–Kier alpha value is -3.90. The van der Waals surface area contributed by atoms with Gasteiger partial charge >= 0.3 is 5.97 Å². The Morgan fingerprint density at radius 1 is 0.592 bits per heavy atom. The number of amides is 1. The van der Waals surface area contributed by atoms with Crippen LogP contribution in [0.3, 0.4) is 0 Å². The molecule has 396 valence electrons. The monoisotopic (exact) mass is 984 g/mol. The van der Waals surface area contributed by atoms with Gasteiger partial charge < -0.3 is 39.2 Å². The van der Waals surface area contributed by atoms with Gasteiger partial charge in [-0.25, -0.2) is 4.79 Å².